The summed E-state index contributed by atoms with van der Waals surface area (Å²) in [5.41, 5.74) is 5.25. The molecule has 0 aliphatic carbocycles. The Kier molecular flexibility index (Phi) is 34.8. The molecule has 0 aromatic heterocycles. The van der Waals surface area contributed by atoms with E-state index in [0.29, 0.717) is 6.42 Å². The van der Waals surface area contributed by atoms with Crippen molar-refractivity contribution < 1.29 is 83.4 Å². The van der Waals surface area contributed by atoms with E-state index in [9.17, 15) is 52.7 Å². The Labute approximate surface area is 271 Å². The number of rotatable bonds is 18. The smallest absolute Gasteiger partial charge is 0.303 e. The normalized spacial score (nSPS) is 11.2. The number of hydrogen-bond donors (Lipinski definition) is 7. The highest BCUT2D eigenvalue weighted by Crippen LogP contribution is 1.98. The molecule has 18 heteroatoms. The minimum absolute atomic E-state index is 0.00463. The molecule has 18 nitrogen and oxygen atoms in total. The van der Waals surface area contributed by atoms with Crippen LogP contribution in [0.2, 0.25) is 0 Å². The Morgan fingerprint density at radius 3 is 0.957 bits per heavy atom. The molecule has 0 bridgehead atoms. The van der Waals surface area contributed by atoms with Gasteiger partial charge in [-0.05, 0) is 40.0 Å². The van der Waals surface area contributed by atoms with Gasteiger partial charge in [-0.1, -0.05) is 6.92 Å². The molecule has 0 unspecified atom stereocenters. The van der Waals surface area contributed by atoms with E-state index in [2.05, 4.69) is 0 Å². The van der Waals surface area contributed by atoms with E-state index in [1.165, 1.54) is 27.7 Å². The van der Waals surface area contributed by atoms with Crippen LogP contribution in [-0.4, -0.2) is 113 Å². The number of carboxylic acid groups (broad SMARTS) is 4. The van der Waals surface area contributed by atoms with Crippen LogP contribution in [0.25, 0.3) is 0 Å². The van der Waals surface area contributed by atoms with Gasteiger partial charge in [-0.3, -0.25) is 52.7 Å². The van der Waals surface area contributed by atoms with Crippen LogP contribution >= 0.6 is 0 Å². The summed E-state index contributed by atoms with van der Waals surface area (Å²) in [7, 11) is 0. The molecule has 270 valence electrons. The van der Waals surface area contributed by atoms with Crippen LogP contribution in [0, 0.1) is 0 Å². The number of carbonyl (C=O) groups excluding carboxylic acids is 7. The van der Waals surface area contributed by atoms with Crippen LogP contribution in [0.3, 0.4) is 0 Å². The van der Waals surface area contributed by atoms with E-state index < -0.39 is 53.7 Å². The Bertz CT molecular complexity index is 1000. The van der Waals surface area contributed by atoms with Crippen molar-refractivity contribution >= 4 is 64.4 Å². The van der Waals surface area contributed by atoms with Gasteiger partial charge in [-0.2, -0.15) is 0 Å². The summed E-state index contributed by atoms with van der Waals surface area (Å²) in [5, 5.41) is 50.0. The van der Waals surface area contributed by atoms with Crippen molar-refractivity contribution in [1.29, 1.82) is 0 Å². The summed E-state index contributed by atoms with van der Waals surface area (Å²) in [6, 6.07) is -0.615. The monoisotopic (exact) mass is 681 g/mol. The highest BCUT2D eigenvalue weighted by atomic mass is 16.4. The first kappa shape index (κ1) is 52.0. The molecule has 8 N–H and O–H groups in total. The number of carbonyl (C=O) groups is 11. The van der Waals surface area contributed by atoms with Crippen molar-refractivity contribution in [3.8, 4) is 0 Å². The lowest BCUT2D eigenvalue weighted by molar-refractivity contribution is -0.140. The molecule has 0 rings (SSSR count). The van der Waals surface area contributed by atoms with Crippen LogP contribution in [0.1, 0.15) is 99.3 Å². The SMILES string of the molecule is CC(=O)C(=O)CCC(=O)O.CC(=O)[C@@H](N)CCC(=O)O.CC(=O)[C@@H](O)CCC(=O)O.CC(=O)[C@H](O)CCC(=O)O.CCC(=O)C(C)=O. The number of aliphatic carboxylic acids is 4. The van der Waals surface area contributed by atoms with Crippen molar-refractivity contribution in [2.24, 2.45) is 5.73 Å². The molecule has 0 aliphatic heterocycles. The number of nitrogens with two attached hydrogens (primary N) is 1. The first-order valence-electron chi connectivity index (χ1n) is 13.9. The van der Waals surface area contributed by atoms with Gasteiger partial charge in [0.2, 0.25) is 0 Å². The fourth-order valence-electron chi connectivity index (χ4n) is 2.05. The summed E-state index contributed by atoms with van der Waals surface area (Å²) in [6.07, 6.45) is -2.49. The Balaban J connectivity index is -0.000000157. The van der Waals surface area contributed by atoms with Crippen molar-refractivity contribution in [2.45, 2.75) is 118 Å². The summed E-state index contributed by atoms with van der Waals surface area (Å²) < 4.78 is 0. The van der Waals surface area contributed by atoms with Crippen molar-refractivity contribution in [2.75, 3.05) is 0 Å². The molecule has 0 aliphatic rings. The Hall–Kier alpha value is -4.55. The average molecular weight is 682 g/mol. The van der Waals surface area contributed by atoms with Gasteiger partial charge in [0.15, 0.2) is 34.7 Å². The lowest BCUT2D eigenvalue weighted by Gasteiger charge is -2.03. The molecule has 0 saturated carbocycles. The fourth-order valence-corrected chi connectivity index (χ4v) is 2.05. The maximum absolute atomic E-state index is 10.4. The number of aliphatic hydroxyl groups is 2. The molecule has 0 fully saturated rings. The summed E-state index contributed by atoms with van der Waals surface area (Å²) in [4.78, 5) is 112. The third-order valence-electron chi connectivity index (χ3n) is 5.07. The maximum Gasteiger partial charge on any atom is 0.303 e. The quantitative estimate of drug-likeness (QED) is 0.0931. The average Bonchev–Trinajstić information content (AvgIpc) is 2.96. The molecule has 0 aromatic carbocycles. The maximum atomic E-state index is 10.4. The lowest BCUT2D eigenvalue weighted by Crippen LogP contribution is -2.28. The number of ketones is 7. The van der Waals surface area contributed by atoms with Gasteiger partial charge >= 0.3 is 23.9 Å². The molecule has 0 radical (unpaired) electrons. The Morgan fingerprint density at radius 2 is 0.766 bits per heavy atom. The van der Waals surface area contributed by atoms with Crippen LogP contribution in [0.4, 0.5) is 0 Å². The van der Waals surface area contributed by atoms with E-state index in [1.54, 1.807) is 6.92 Å². The van der Waals surface area contributed by atoms with Gasteiger partial charge in [0.05, 0.1) is 12.5 Å². The first-order valence-corrected chi connectivity index (χ1v) is 13.9. The van der Waals surface area contributed by atoms with Gasteiger partial charge in [0.25, 0.3) is 0 Å². The minimum atomic E-state index is -1.11. The lowest BCUT2D eigenvalue weighted by atomic mass is 10.1. The molecule has 0 amide bonds. The second-order valence-corrected chi connectivity index (χ2v) is 9.47. The van der Waals surface area contributed by atoms with Crippen molar-refractivity contribution in [3.63, 3.8) is 0 Å². The van der Waals surface area contributed by atoms with Crippen LogP contribution < -0.4 is 5.73 Å². The zero-order valence-electron chi connectivity index (χ0n) is 27.3. The van der Waals surface area contributed by atoms with E-state index in [1.807, 2.05) is 0 Å². The highest BCUT2D eigenvalue weighted by molar-refractivity contribution is 6.36. The van der Waals surface area contributed by atoms with Gasteiger partial charge in [-0.25, -0.2) is 0 Å². The zero-order valence-corrected chi connectivity index (χ0v) is 27.3. The second-order valence-electron chi connectivity index (χ2n) is 9.47. The third kappa shape index (κ3) is 46.0. The number of aliphatic hydroxyl groups excluding tert-OH is 2. The molecule has 0 saturated heterocycles. The largest absolute Gasteiger partial charge is 0.481 e. The molecule has 0 spiro atoms. The fraction of sp³-hybridized carbons (Fsp3) is 0.621. The second kappa shape index (κ2) is 31.4. The molecular weight excluding hydrogens is 634 g/mol. The van der Waals surface area contributed by atoms with Crippen molar-refractivity contribution in [1.82, 2.24) is 0 Å². The predicted octanol–water partition coefficient (Wildman–Crippen LogP) is -0.0665. The van der Waals surface area contributed by atoms with Gasteiger partial charge < -0.3 is 36.4 Å². The first-order chi connectivity index (χ1) is 21.3. The van der Waals surface area contributed by atoms with Crippen LogP contribution in [-0.2, 0) is 52.7 Å². The molecular formula is C29H47NO17. The predicted molar refractivity (Wildman–Crippen MR) is 161 cm³/mol. The standard InChI is InChI=1S/C6H11NO3.2C6H10O4.C6H8O4.C5H8O2/c1-4(8)5(7)2-3-6(9)10;3*1-4(7)5(8)2-3-6(9)10;1-3-5(7)4(2)6/h5H,2-3,7H2,1H3,(H,9,10);2*5,8H,2-3H2,1H3,(H,9,10);2-3H2,1H3,(H,9,10);3H2,1-2H3/t3*5-;;/m010../s1. The highest BCUT2D eigenvalue weighted by Gasteiger charge is 2.12. The topological polar surface area (TPSA) is 335 Å². The minimum Gasteiger partial charge on any atom is -0.481 e. The number of carboxylic acids is 4. The number of hydrogen-bond acceptors (Lipinski definition) is 14. The summed E-state index contributed by atoms with van der Waals surface area (Å²) >= 11 is 0. The summed E-state index contributed by atoms with van der Waals surface area (Å²) in [6.45, 7) is 7.89. The molecule has 47 heavy (non-hydrogen) atoms. The number of Topliss-reactive ketones (excluding diaryl/α,β-unsaturated/α-hetero) is 7. The zero-order chi connectivity index (χ0) is 38.4. The third-order valence-corrected chi connectivity index (χ3v) is 5.07. The van der Waals surface area contributed by atoms with Crippen molar-refractivity contribution in [3.05, 3.63) is 0 Å². The van der Waals surface area contributed by atoms with E-state index >= 15 is 0 Å². The van der Waals surface area contributed by atoms with Gasteiger partial charge in [-0.15, -0.1) is 0 Å². The molecule has 0 heterocycles. The van der Waals surface area contributed by atoms with E-state index in [0.717, 1.165) is 6.92 Å². The van der Waals surface area contributed by atoms with E-state index in [-0.39, 0.29) is 80.3 Å². The van der Waals surface area contributed by atoms with Gasteiger partial charge in [0.1, 0.15) is 18.0 Å². The van der Waals surface area contributed by atoms with Gasteiger partial charge in [0, 0.05) is 46.0 Å². The molecule has 3 atom stereocenters. The van der Waals surface area contributed by atoms with Crippen LogP contribution in [0.15, 0.2) is 0 Å². The van der Waals surface area contributed by atoms with Crippen LogP contribution in [0.5, 0.6) is 0 Å². The summed E-state index contributed by atoms with van der Waals surface area (Å²) in [5.74, 6) is -6.76. The van der Waals surface area contributed by atoms with E-state index in [4.69, 9.17) is 36.4 Å². The molecule has 0 aromatic rings. The Morgan fingerprint density at radius 1 is 0.468 bits per heavy atom.